The molecule has 24 nitrogen and oxygen atoms in total. The molecule has 0 unspecified atom stereocenters. The van der Waals surface area contributed by atoms with Crippen molar-refractivity contribution >= 4 is 71.3 Å². The summed E-state index contributed by atoms with van der Waals surface area (Å²) in [5.74, 6) is -1.23. The predicted octanol–water partition coefficient (Wildman–Crippen LogP) is 16.7. The fourth-order valence-electron chi connectivity index (χ4n) is 9.82. The average Bonchev–Trinajstić information content (AvgIpc) is 0.890. The molecule has 0 aromatic carbocycles. The molecule has 0 aliphatic carbocycles. The van der Waals surface area contributed by atoms with Gasteiger partial charge in [0.1, 0.15) is 0 Å². The minimum Gasteiger partial charge on any atom is -0.466 e. The van der Waals surface area contributed by atoms with Crippen molar-refractivity contribution in [2.45, 2.75) is 330 Å². The van der Waals surface area contributed by atoms with E-state index in [0.29, 0.717) is 104 Å². The van der Waals surface area contributed by atoms with Crippen molar-refractivity contribution in [2.24, 2.45) is 17.3 Å². The van der Waals surface area contributed by atoms with Gasteiger partial charge in [0.15, 0.2) is 0 Å². The van der Waals surface area contributed by atoms with Gasteiger partial charge in [-0.25, -0.2) is 0 Å². The van der Waals surface area contributed by atoms with Gasteiger partial charge in [-0.05, 0) is 271 Å². The highest BCUT2D eigenvalue weighted by Crippen LogP contribution is 2.22. The Bertz CT molecular complexity index is 2850. The number of hydrogen-bond donors (Lipinski definition) is 0. The number of esters is 6. The maximum absolute atomic E-state index is 11.8. The lowest BCUT2D eigenvalue weighted by molar-refractivity contribution is -0.153. The molecule has 0 N–H and O–H groups in total. The van der Waals surface area contributed by atoms with E-state index in [2.05, 4.69) is 39.5 Å². The van der Waals surface area contributed by atoms with Gasteiger partial charge in [0, 0.05) is 98.7 Å². The number of rotatable bonds is 42. The lowest BCUT2D eigenvalue weighted by atomic mass is 9.97. The van der Waals surface area contributed by atoms with E-state index >= 15 is 0 Å². The Morgan fingerprint density at radius 1 is 0.310 bits per heavy atom. The summed E-state index contributed by atoms with van der Waals surface area (Å²) in [5, 5.41) is 0. The zero-order valence-electron chi connectivity index (χ0n) is 76.2. The highest BCUT2D eigenvalue weighted by Gasteiger charge is 2.30. The highest BCUT2D eigenvalue weighted by atomic mass is 16.6. The van der Waals surface area contributed by atoms with Crippen LogP contribution in [0, 0.1) is 17.3 Å². The van der Waals surface area contributed by atoms with Gasteiger partial charge in [-0.1, -0.05) is 81.0 Å². The van der Waals surface area contributed by atoms with Crippen LogP contribution >= 0.6 is 0 Å². The number of unbranched alkanes of at least 4 members (excludes halogenated alkanes) is 6. The fourth-order valence-corrected chi connectivity index (χ4v) is 9.82. The molecular formula is C89H160N6O18. The van der Waals surface area contributed by atoms with E-state index in [4.69, 9.17) is 28.4 Å². The number of amides is 6. The Kier molecular flexibility index (Phi) is 63.1. The van der Waals surface area contributed by atoms with Gasteiger partial charge in [-0.2, -0.15) is 0 Å². The van der Waals surface area contributed by atoms with Crippen LogP contribution < -0.4 is 0 Å². The molecule has 0 heterocycles. The first-order chi connectivity index (χ1) is 51.8. The van der Waals surface area contributed by atoms with Crippen molar-refractivity contribution in [3.63, 3.8) is 0 Å². The van der Waals surface area contributed by atoms with E-state index in [1.165, 1.54) is 43.4 Å². The second-order valence-electron chi connectivity index (χ2n) is 34.8. The Morgan fingerprint density at radius 3 is 0.726 bits per heavy atom. The van der Waals surface area contributed by atoms with E-state index in [9.17, 15) is 57.5 Å². The smallest absolute Gasteiger partial charge is 0.311 e. The maximum atomic E-state index is 11.8. The summed E-state index contributed by atoms with van der Waals surface area (Å²) in [7, 11) is 0. The van der Waals surface area contributed by atoms with Crippen molar-refractivity contribution in [2.75, 3.05) is 78.9 Å². The topological polar surface area (TPSA) is 280 Å². The van der Waals surface area contributed by atoms with Gasteiger partial charge in [0.2, 0.25) is 35.4 Å². The second kappa shape index (κ2) is 61.5. The molecule has 0 atom stereocenters. The predicted molar refractivity (Wildman–Crippen MR) is 456 cm³/mol. The van der Waals surface area contributed by atoms with E-state index < -0.39 is 5.41 Å². The molecule has 0 aromatic rings. The molecule has 0 aromatic heterocycles. The van der Waals surface area contributed by atoms with Crippen molar-refractivity contribution in [1.82, 2.24) is 29.4 Å². The number of ether oxygens (including phenoxy) is 6. The second-order valence-corrected chi connectivity index (χ2v) is 34.8. The van der Waals surface area contributed by atoms with Crippen molar-refractivity contribution in [3.8, 4) is 0 Å². The number of hydrogen-bond acceptors (Lipinski definition) is 18. The van der Waals surface area contributed by atoms with Gasteiger partial charge < -0.3 is 57.8 Å². The summed E-state index contributed by atoms with van der Waals surface area (Å²) in [6, 6.07) is 0. The monoisotopic (exact) mass is 1600 g/mol. The molecule has 24 heteroatoms. The Hall–Kier alpha value is -7.92. The molecule has 654 valence electrons. The van der Waals surface area contributed by atoms with Gasteiger partial charge in [-0.15, -0.1) is 0 Å². The molecule has 113 heavy (non-hydrogen) atoms. The van der Waals surface area contributed by atoms with Crippen LogP contribution in [0.1, 0.15) is 297 Å². The minimum absolute atomic E-state index is 0.0597. The first-order valence-electron chi connectivity index (χ1n) is 40.4. The maximum Gasteiger partial charge on any atom is 0.311 e. The quantitative estimate of drug-likeness (QED) is 0.0237. The number of carbonyl (C=O) groups is 12. The van der Waals surface area contributed by atoms with Crippen LogP contribution in [0.25, 0.3) is 0 Å². The van der Waals surface area contributed by atoms with E-state index in [-0.39, 0.29) is 110 Å². The largest absolute Gasteiger partial charge is 0.466 e. The first-order valence-corrected chi connectivity index (χ1v) is 40.4. The van der Waals surface area contributed by atoms with Gasteiger partial charge in [-0.3, -0.25) is 57.5 Å². The van der Waals surface area contributed by atoms with Crippen molar-refractivity contribution < 1.29 is 86.0 Å². The number of carbonyl (C=O) groups excluding carboxylic acids is 12. The van der Waals surface area contributed by atoms with E-state index in [1.54, 1.807) is 36.3 Å². The summed E-state index contributed by atoms with van der Waals surface area (Å²) in [5.41, 5.74) is -1.79. The molecule has 0 bridgehead atoms. The molecule has 0 radical (unpaired) electrons. The summed E-state index contributed by atoms with van der Waals surface area (Å²) >= 11 is 0. The minimum atomic E-state index is -0.462. The molecule has 0 rings (SSSR count). The van der Waals surface area contributed by atoms with Gasteiger partial charge in [0.25, 0.3) is 0 Å². The molecule has 0 aliphatic heterocycles. The van der Waals surface area contributed by atoms with Crippen LogP contribution in [0.4, 0.5) is 0 Å². The normalized spacial score (nSPS) is 11.2. The van der Waals surface area contributed by atoms with Gasteiger partial charge >= 0.3 is 35.8 Å². The van der Waals surface area contributed by atoms with Crippen molar-refractivity contribution in [3.05, 3.63) is 75.9 Å². The third kappa shape index (κ3) is 63.1. The SMILES string of the molecule is C=CC(=O)N(CCCCOC(=O)C(C)(C)C)C(C)(C)C.C=CC(=O)N(CCCCOC(=O)C(C)C)C(C)(C)C.C=CC(=O)N(CCCCOC(=O)CC(C)C)C(C)(C)C.C=CC(=O)N(CCCCOC(=O)CC)C(C)(C)C.C=CC(=O)N(CCCCOC(=O)CCC)C(C)(C)C.C=CC(=O)N(CCCCOC(C)=O)C(C)(C)C. The highest BCUT2D eigenvalue weighted by molar-refractivity contribution is 5.90. The third-order valence-electron chi connectivity index (χ3n) is 16.1. The zero-order valence-corrected chi connectivity index (χ0v) is 76.2. The van der Waals surface area contributed by atoms with Crippen LogP contribution in [0.5, 0.6) is 0 Å². The number of nitrogens with zero attached hydrogens (tertiary/aromatic N) is 6. The first kappa shape index (κ1) is 116. The van der Waals surface area contributed by atoms with Crippen molar-refractivity contribution in [1.29, 1.82) is 0 Å². The third-order valence-corrected chi connectivity index (χ3v) is 16.1. The standard InChI is InChI=1S/2C16H29NO3.2C15H27NO3.C14H25NO3.C13H23NO3/c1-8-13(18)17(16(5,6)7)11-9-10-12-20-14(19)15(2,3)4;1-7-14(18)17(16(4,5)6)10-8-9-11-20-15(19)12-13(2)3;1-7-13(17)16(15(4,5)6)10-8-9-11-19-14(18)12(2)3;1-6-10-14(18)19-12-9-8-11-16(13(17)7-2)15(3,4)5;1-6-12(16)15(14(3,4)5)10-8-9-11-18-13(17)7-2;1-6-12(16)14(13(3,4)5)9-7-8-10-17-11(2)15/h8H,1,9-12H2,2-7H3;7,13H,1,8-12H2,2-6H3;7,12H,1,8-11H2,2-6H3;7H,2,6,8-12H2,1,3-5H3;6H,1,7-11H2,2-5H3;6H,1,7-10H2,2-5H3. The molecule has 6 amide bonds. The fraction of sp³-hybridized carbons (Fsp3) is 0.730. The summed E-state index contributed by atoms with van der Waals surface area (Å²) in [4.78, 5) is 148. The van der Waals surface area contributed by atoms with Crippen LogP contribution in [0.2, 0.25) is 0 Å². The van der Waals surface area contributed by atoms with E-state index in [1.807, 2.05) is 180 Å². The Labute approximate surface area is 685 Å². The summed E-state index contributed by atoms with van der Waals surface area (Å²) < 4.78 is 30.3. The van der Waals surface area contributed by atoms with Crippen LogP contribution in [0.3, 0.4) is 0 Å². The molecule has 0 saturated heterocycles. The lowest BCUT2D eigenvalue weighted by Gasteiger charge is -2.35. The molecule has 0 saturated carbocycles. The molecule has 0 spiro atoms. The Balaban J connectivity index is -0.000000304. The molecular weight excluding hydrogens is 1440 g/mol. The molecule has 0 fully saturated rings. The van der Waals surface area contributed by atoms with E-state index in [0.717, 1.165) is 83.5 Å². The molecule has 0 aliphatic rings. The Morgan fingerprint density at radius 2 is 0.531 bits per heavy atom. The average molecular weight is 1600 g/mol. The lowest BCUT2D eigenvalue weighted by Crippen LogP contribution is -2.45. The summed E-state index contributed by atoms with van der Waals surface area (Å²) in [6.45, 7) is 81.6. The van der Waals surface area contributed by atoms with Crippen LogP contribution in [-0.2, 0) is 86.0 Å². The van der Waals surface area contributed by atoms with Gasteiger partial charge in [0.05, 0.1) is 51.0 Å². The summed E-state index contributed by atoms with van der Waals surface area (Å²) in [6.07, 6.45) is 19.6. The van der Waals surface area contributed by atoms with Crippen LogP contribution in [-0.4, -0.2) is 213 Å². The van der Waals surface area contributed by atoms with Crippen LogP contribution in [0.15, 0.2) is 75.9 Å². The zero-order chi connectivity index (χ0) is 89.3.